The molecule has 3 rings (SSSR count). The van der Waals surface area contributed by atoms with Gasteiger partial charge in [-0.3, -0.25) is 14.4 Å². The first-order valence-electron chi connectivity index (χ1n) is 10.3. The van der Waals surface area contributed by atoms with E-state index in [2.05, 4.69) is 9.62 Å². The molecule has 31 heavy (non-hydrogen) atoms. The number of benzene rings is 2. The summed E-state index contributed by atoms with van der Waals surface area (Å²) in [7, 11) is -3.37. The van der Waals surface area contributed by atoms with Gasteiger partial charge in [-0.2, -0.15) is 0 Å². The molecule has 1 aliphatic rings. The lowest BCUT2D eigenvalue weighted by molar-refractivity contribution is 0.0430. The Hall–Kier alpha value is -2.52. The number of halogens is 2. The number of hydrogen-bond donors (Lipinski definition) is 1. The topological polar surface area (TPSA) is 69.7 Å². The third kappa shape index (κ3) is 6.01. The molecule has 9 heteroatoms. The zero-order chi connectivity index (χ0) is 22.6. The van der Waals surface area contributed by atoms with Crippen molar-refractivity contribution >= 4 is 21.6 Å². The predicted octanol–water partition coefficient (Wildman–Crippen LogP) is 3.71. The van der Waals surface area contributed by atoms with Crippen molar-refractivity contribution < 1.29 is 23.4 Å². The first-order chi connectivity index (χ1) is 14.7. The molecule has 0 spiro atoms. The summed E-state index contributed by atoms with van der Waals surface area (Å²) >= 11 is 0. The molecule has 170 valence electrons. The molecule has 0 saturated carbocycles. The zero-order valence-electron chi connectivity index (χ0n) is 17.6. The molecular formula is C22H29F2N3O3S. The van der Waals surface area contributed by atoms with E-state index in [0.29, 0.717) is 43.0 Å². The van der Waals surface area contributed by atoms with Crippen molar-refractivity contribution in [3.63, 3.8) is 0 Å². The van der Waals surface area contributed by atoms with Crippen molar-refractivity contribution in [2.24, 2.45) is 0 Å². The van der Waals surface area contributed by atoms with Crippen LogP contribution in [0.4, 0.5) is 14.5 Å². The average Bonchev–Trinajstić information content (AvgIpc) is 2.72. The van der Waals surface area contributed by atoms with Crippen LogP contribution in [0.1, 0.15) is 37.6 Å². The highest BCUT2D eigenvalue weighted by Gasteiger charge is 2.30. The Balaban J connectivity index is 0.00000363. The van der Waals surface area contributed by atoms with Gasteiger partial charge in [-0.25, -0.2) is 17.2 Å². The highest BCUT2D eigenvalue weighted by molar-refractivity contribution is 7.92. The molecule has 0 aromatic heterocycles. The maximum absolute atomic E-state index is 13.5. The second-order valence-electron chi connectivity index (χ2n) is 7.66. The number of carbonyl (C=O) groups is 1. The number of nitrogens with one attached hydrogen (secondary N) is 1. The fraction of sp³-hybridized carbons (Fsp3) is 0.409. The van der Waals surface area contributed by atoms with E-state index in [1.165, 1.54) is 12.1 Å². The number of nitrogens with zero attached hydrogens (tertiary/aromatic N) is 2. The predicted molar refractivity (Wildman–Crippen MR) is 118 cm³/mol. The Labute approximate surface area is 183 Å². The van der Waals surface area contributed by atoms with Gasteiger partial charge >= 0.3 is 0 Å². The highest BCUT2D eigenvalue weighted by atomic mass is 32.2. The van der Waals surface area contributed by atoms with Crippen LogP contribution >= 0.6 is 0 Å². The van der Waals surface area contributed by atoms with Crippen LogP contribution in [0, 0.1) is 11.6 Å². The van der Waals surface area contributed by atoms with Gasteiger partial charge in [0.2, 0.25) is 10.0 Å². The minimum atomic E-state index is -3.37. The van der Waals surface area contributed by atoms with Gasteiger partial charge in [0.25, 0.3) is 5.91 Å². The van der Waals surface area contributed by atoms with E-state index in [9.17, 15) is 22.0 Å². The average molecular weight is 454 g/mol. The largest absolute Gasteiger partial charge is 0.333 e. The van der Waals surface area contributed by atoms with Crippen LogP contribution in [0.25, 0.3) is 0 Å². The number of amides is 1. The third-order valence-electron chi connectivity index (χ3n) is 5.41. The highest BCUT2D eigenvalue weighted by Crippen LogP contribution is 2.20. The van der Waals surface area contributed by atoms with Crippen molar-refractivity contribution in [3.8, 4) is 0 Å². The lowest BCUT2D eigenvalue weighted by Crippen LogP contribution is -2.54. The second kappa shape index (κ2) is 9.74. The van der Waals surface area contributed by atoms with Crippen LogP contribution in [0.3, 0.4) is 0 Å². The fourth-order valence-corrected chi connectivity index (χ4v) is 4.38. The molecule has 1 amide bonds. The summed E-state index contributed by atoms with van der Waals surface area (Å²) in [6.45, 7) is 5.66. The Bertz CT molecular complexity index is 1010. The molecule has 0 aliphatic carbocycles. The normalized spacial score (nSPS) is 17.5. The first-order valence-corrected chi connectivity index (χ1v) is 11.9. The molecule has 1 fully saturated rings. The molecule has 2 aromatic rings. The van der Waals surface area contributed by atoms with Gasteiger partial charge in [0.05, 0.1) is 5.75 Å². The zero-order valence-corrected chi connectivity index (χ0v) is 18.5. The molecule has 1 heterocycles. The second-order valence-corrected chi connectivity index (χ2v) is 9.67. The van der Waals surface area contributed by atoms with Crippen molar-refractivity contribution in [3.05, 3.63) is 65.2 Å². The number of sulfonamides is 1. The fourth-order valence-electron chi connectivity index (χ4n) is 3.74. The molecule has 1 aliphatic heterocycles. The van der Waals surface area contributed by atoms with Gasteiger partial charge in [0, 0.05) is 51.0 Å². The van der Waals surface area contributed by atoms with E-state index in [-0.39, 0.29) is 19.1 Å². The van der Waals surface area contributed by atoms with Gasteiger partial charge < -0.3 is 4.90 Å². The van der Waals surface area contributed by atoms with E-state index in [4.69, 9.17) is 0 Å². The van der Waals surface area contributed by atoms with Crippen LogP contribution in [0.5, 0.6) is 0 Å². The molecule has 1 atom stereocenters. The van der Waals surface area contributed by atoms with Crippen molar-refractivity contribution in [1.29, 1.82) is 0 Å². The maximum atomic E-state index is 13.5. The molecular weight excluding hydrogens is 424 g/mol. The number of piperazine rings is 1. The first kappa shape index (κ1) is 23.1. The molecule has 2 aromatic carbocycles. The van der Waals surface area contributed by atoms with E-state index in [1.807, 2.05) is 11.8 Å². The van der Waals surface area contributed by atoms with E-state index in [0.717, 1.165) is 12.5 Å². The summed E-state index contributed by atoms with van der Waals surface area (Å²) < 4.78 is 52.8. The molecule has 0 radical (unpaired) electrons. The van der Waals surface area contributed by atoms with Crippen LogP contribution in [-0.4, -0.2) is 55.6 Å². The summed E-state index contributed by atoms with van der Waals surface area (Å²) in [6, 6.07) is 9.87. The number of hydrogen-bond acceptors (Lipinski definition) is 4. The Morgan fingerprint density at radius 3 is 2.32 bits per heavy atom. The number of anilines is 1. The monoisotopic (exact) mass is 453 g/mol. The van der Waals surface area contributed by atoms with Crippen LogP contribution in [0.15, 0.2) is 42.5 Å². The van der Waals surface area contributed by atoms with Gasteiger partial charge in [0.1, 0.15) is 11.6 Å². The van der Waals surface area contributed by atoms with Crippen LogP contribution in [0.2, 0.25) is 0 Å². The van der Waals surface area contributed by atoms with Gasteiger partial charge in [0.15, 0.2) is 0 Å². The number of rotatable bonds is 7. The van der Waals surface area contributed by atoms with E-state index >= 15 is 0 Å². The Morgan fingerprint density at radius 1 is 1.10 bits per heavy atom. The SMILES string of the molecule is CC[C@H]1CN(Cc2cc(F)cc(F)c2)CCN1C(=O)c1ccc(NS(=O)(=O)CC)cc1.[HH]. The molecule has 1 saturated heterocycles. The quantitative estimate of drug-likeness (QED) is 0.694. The Kier molecular flexibility index (Phi) is 7.27. The van der Waals surface area contributed by atoms with Crippen LogP contribution in [-0.2, 0) is 16.6 Å². The minimum absolute atomic E-state index is 0. The van der Waals surface area contributed by atoms with E-state index in [1.54, 1.807) is 31.2 Å². The van der Waals surface area contributed by atoms with Crippen molar-refractivity contribution in [1.82, 2.24) is 9.80 Å². The van der Waals surface area contributed by atoms with Crippen LogP contribution < -0.4 is 4.72 Å². The summed E-state index contributed by atoms with van der Waals surface area (Å²) in [5.41, 5.74) is 1.47. The minimum Gasteiger partial charge on any atom is -0.333 e. The summed E-state index contributed by atoms with van der Waals surface area (Å²) in [5.74, 6) is -1.34. The van der Waals surface area contributed by atoms with Gasteiger partial charge in [-0.1, -0.05) is 6.92 Å². The summed E-state index contributed by atoms with van der Waals surface area (Å²) in [4.78, 5) is 17.0. The summed E-state index contributed by atoms with van der Waals surface area (Å²) in [6.07, 6.45) is 0.744. The smallest absolute Gasteiger partial charge is 0.254 e. The van der Waals surface area contributed by atoms with Crippen molar-refractivity contribution in [2.75, 3.05) is 30.1 Å². The molecule has 0 bridgehead atoms. The molecule has 1 N–H and O–H groups in total. The maximum Gasteiger partial charge on any atom is 0.254 e. The standard InChI is InChI=1S/C22H27F2N3O3S.H2/c1-3-21-15-26(14-16-11-18(23)13-19(24)12-16)9-10-27(21)22(28)17-5-7-20(8-6-17)25-31(29,30)4-2;/h5-8,11-13,21,25H,3-4,9-10,14-15H2,1-2H3;1H/t21-;/m0./s1. The third-order valence-corrected chi connectivity index (χ3v) is 6.72. The molecule has 6 nitrogen and oxygen atoms in total. The lowest BCUT2D eigenvalue weighted by atomic mass is 10.1. The Morgan fingerprint density at radius 2 is 1.74 bits per heavy atom. The lowest BCUT2D eigenvalue weighted by Gasteiger charge is -2.41. The molecule has 0 unspecified atom stereocenters. The van der Waals surface area contributed by atoms with Gasteiger partial charge in [-0.15, -0.1) is 0 Å². The van der Waals surface area contributed by atoms with Crippen molar-refractivity contribution in [2.45, 2.75) is 32.9 Å². The number of carbonyl (C=O) groups excluding carboxylic acids is 1. The van der Waals surface area contributed by atoms with E-state index < -0.39 is 21.7 Å². The summed E-state index contributed by atoms with van der Waals surface area (Å²) in [5, 5.41) is 0. The van der Waals surface area contributed by atoms with Gasteiger partial charge in [-0.05, 0) is 55.3 Å².